The molecule has 0 aliphatic rings. The Morgan fingerprint density at radius 1 is 1.08 bits per heavy atom. The third-order valence-corrected chi connectivity index (χ3v) is 5.13. The lowest BCUT2D eigenvalue weighted by atomic mass is 10.0. The lowest BCUT2D eigenvalue weighted by Crippen LogP contribution is -2.25. The molecule has 0 saturated heterocycles. The minimum Gasteiger partial charge on any atom is -0.591 e. The molecule has 124 valence electrons. The van der Waals surface area contributed by atoms with Crippen LogP contribution >= 0.6 is 0 Å². The normalized spacial score (nSPS) is 13.7. The van der Waals surface area contributed by atoms with Crippen LogP contribution < -0.4 is 0 Å². The van der Waals surface area contributed by atoms with Gasteiger partial charge in [0.1, 0.15) is 21.8 Å². The molecule has 4 nitrogen and oxygen atoms in total. The maximum Gasteiger partial charge on any atom is 0.144 e. The molecule has 1 atom stereocenters. The van der Waals surface area contributed by atoms with E-state index in [1.165, 1.54) is 0 Å². The fraction of sp³-hybridized carbons (Fsp3) is 0.263. The average molecular weight is 339 g/mol. The monoisotopic (exact) mass is 339 g/mol. The molecule has 0 radical (unpaired) electrons. The van der Waals surface area contributed by atoms with Gasteiger partial charge >= 0.3 is 0 Å². The van der Waals surface area contributed by atoms with E-state index in [1.807, 2.05) is 68.9 Å². The van der Waals surface area contributed by atoms with Crippen LogP contribution in [0, 0.1) is 0 Å². The molecule has 1 aromatic heterocycles. The summed E-state index contributed by atoms with van der Waals surface area (Å²) < 4.78 is 18.0. The lowest BCUT2D eigenvalue weighted by Gasteiger charge is -2.17. The highest BCUT2D eigenvalue weighted by Crippen LogP contribution is 2.29. The van der Waals surface area contributed by atoms with Crippen LogP contribution in [0.5, 0.6) is 0 Å². The molecule has 3 aromatic rings. The van der Waals surface area contributed by atoms with Gasteiger partial charge in [-0.1, -0.05) is 46.9 Å². The Bertz CT molecular complexity index is 893. The maximum absolute atomic E-state index is 12.2. The van der Waals surface area contributed by atoms with Crippen LogP contribution in [0.2, 0.25) is 0 Å². The Hall–Kier alpha value is -2.11. The highest BCUT2D eigenvalue weighted by Gasteiger charge is 2.26. The van der Waals surface area contributed by atoms with Gasteiger partial charge in [-0.05, 0) is 26.8 Å². The minimum atomic E-state index is -1.28. The molecule has 5 heteroatoms. The molecule has 0 saturated carbocycles. The van der Waals surface area contributed by atoms with Gasteiger partial charge in [-0.2, -0.15) is 5.10 Å². The van der Waals surface area contributed by atoms with Crippen molar-refractivity contribution < 1.29 is 4.55 Å². The Kier molecular flexibility index (Phi) is 4.47. The zero-order valence-electron chi connectivity index (χ0n) is 14.4. The van der Waals surface area contributed by atoms with E-state index in [4.69, 9.17) is 0 Å². The van der Waals surface area contributed by atoms with Gasteiger partial charge in [0, 0.05) is 23.6 Å². The second-order valence-electron chi connectivity index (χ2n) is 6.67. The van der Waals surface area contributed by atoms with Gasteiger partial charge in [-0.15, -0.1) is 0 Å². The van der Waals surface area contributed by atoms with Crippen molar-refractivity contribution in [3.63, 3.8) is 0 Å². The molecule has 0 fully saturated rings. The van der Waals surface area contributed by atoms with E-state index < -0.39 is 11.4 Å². The van der Waals surface area contributed by atoms with Gasteiger partial charge in [-0.3, -0.25) is 4.68 Å². The van der Waals surface area contributed by atoms with E-state index in [-0.39, 0.29) is 4.75 Å². The number of benzene rings is 2. The third-order valence-electron chi connectivity index (χ3n) is 3.79. The second kappa shape index (κ2) is 6.42. The van der Waals surface area contributed by atoms with Crippen molar-refractivity contribution in [3.05, 3.63) is 54.1 Å². The third kappa shape index (κ3) is 3.23. The largest absolute Gasteiger partial charge is 0.591 e. The Labute approximate surface area is 145 Å². The number of aromatic nitrogens is 2. The minimum absolute atomic E-state index is 0.372. The number of hydrogen-bond donors (Lipinski definition) is 0. The van der Waals surface area contributed by atoms with Crippen LogP contribution in [0.25, 0.3) is 22.2 Å². The number of nitrogens with zero attached hydrogens (tertiary/aromatic N) is 3. The van der Waals surface area contributed by atoms with Gasteiger partial charge in [0.2, 0.25) is 0 Å². The molecule has 3 rings (SSSR count). The molecule has 1 heterocycles. The van der Waals surface area contributed by atoms with Crippen molar-refractivity contribution in [2.24, 2.45) is 11.4 Å². The number of aryl methyl sites for hydroxylation is 1. The number of fused-ring (bicyclic) bond motifs is 1. The van der Waals surface area contributed by atoms with Crippen LogP contribution in [0.4, 0.5) is 0 Å². The predicted octanol–water partition coefficient (Wildman–Crippen LogP) is 4.12. The topological polar surface area (TPSA) is 53.2 Å². The average Bonchev–Trinajstić information content (AvgIpc) is 2.89. The molecule has 0 spiro atoms. The van der Waals surface area contributed by atoms with Crippen molar-refractivity contribution in [3.8, 4) is 11.3 Å². The summed E-state index contributed by atoms with van der Waals surface area (Å²) in [7, 11) is 1.94. The molecule has 0 N–H and O–H groups in total. The first kappa shape index (κ1) is 16.7. The molecular formula is C19H21N3OS. The second-order valence-corrected chi connectivity index (χ2v) is 8.61. The van der Waals surface area contributed by atoms with Gasteiger partial charge in [-0.25, -0.2) is 0 Å². The zero-order valence-corrected chi connectivity index (χ0v) is 15.2. The molecule has 24 heavy (non-hydrogen) atoms. The number of para-hydroxylation sites is 1. The van der Waals surface area contributed by atoms with Gasteiger partial charge in [0.25, 0.3) is 0 Å². The lowest BCUT2D eigenvalue weighted by molar-refractivity contribution is 0.562. The summed E-state index contributed by atoms with van der Waals surface area (Å²) in [5.41, 5.74) is 3.90. The molecule has 2 aromatic carbocycles. The predicted molar refractivity (Wildman–Crippen MR) is 102 cm³/mol. The van der Waals surface area contributed by atoms with Crippen LogP contribution in [0.15, 0.2) is 52.9 Å². The maximum atomic E-state index is 12.2. The van der Waals surface area contributed by atoms with E-state index in [0.717, 1.165) is 27.7 Å². The summed E-state index contributed by atoms with van der Waals surface area (Å²) in [6, 6.07) is 16.1. The zero-order chi connectivity index (χ0) is 17.3. The van der Waals surface area contributed by atoms with Crippen molar-refractivity contribution in [1.82, 2.24) is 9.78 Å². The van der Waals surface area contributed by atoms with Crippen LogP contribution in [0.3, 0.4) is 0 Å². The van der Waals surface area contributed by atoms with Gasteiger partial charge < -0.3 is 4.55 Å². The van der Waals surface area contributed by atoms with Crippen molar-refractivity contribution >= 4 is 28.5 Å². The summed E-state index contributed by atoms with van der Waals surface area (Å²) in [4.78, 5) is 0. The first-order chi connectivity index (χ1) is 11.4. The highest BCUT2D eigenvalue weighted by atomic mass is 32.2. The molecular weight excluding hydrogens is 318 g/mol. The van der Waals surface area contributed by atoms with E-state index >= 15 is 0 Å². The highest BCUT2D eigenvalue weighted by molar-refractivity contribution is 7.91. The summed E-state index contributed by atoms with van der Waals surface area (Å²) in [6.45, 7) is 5.75. The molecule has 0 amide bonds. The first-order valence-electron chi connectivity index (χ1n) is 7.85. The fourth-order valence-electron chi connectivity index (χ4n) is 2.50. The smallest absolute Gasteiger partial charge is 0.144 e. The van der Waals surface area contributed by atoms with Gasteiger partial charge in [0.05, 0.1) is 11.7 Å². The van der Waals surface area contributed by atoms with E-state index in [0.29, 0.717) is 0 Å². The van der Waals surface area contributed by atoms with Gasteiger partial charge in [0.15, 0.2) is 0 Å². The summed E-state index contributed by atoms with van der Waals surface area (Å²) in [6.07, 6.45) is 1.69. The quantitative estimate of drug-likeness (QED) is 0.532. The summed E-state index contributed by atoms with van der Waals surface area (Å²) in [5, 5.41) is 5.77. The molecule has 0 aliphatic heterocycles. The number of rotatable bonds is 3. The van der Waals surface area contributed by atoms with Crippen LogP contribution in [0.1, 0.15) is 26.3 Å². The van der Waals surface area contributed by atoms with Crippen molar-refractivity contribution in [2.75, 3.05) is 0 Å². The van der Waals surface area contributed by atoms with Crippen LogP contribution in [-0.2, 0) is 18.4 Å². The standard InChI is InChI=1S/C19H21N3OS/c1-19(2,3)24(23)20-13-14-9-5-6-10-15(14)18-16-11-7-8-12-17(16)22(4)21-18/h5-13H,1-4H3/b20-13+/t24-/m0/s1. The van der Waals surface area contributed by atoms with E-state index in [2.05, 4.69) is 21.6 Å². The Balaban J connectivity index is 2.08. The van der Waals surface area contributed by atoms with Crippen molar-refractivity contribution in [2.45, 2.75) is 25.5 Å². The van der Waals surface area contributed by atoms with Crippen LogP contribution in [-0.4, -0.2) is 25.3 Å². The Morgan fingerprint density at radius 3 is 2.50 bits per heavy atom. The van der Waals surface area contributed by atoms with Crippen molar-refractivity contribution in [1.29, 1.82) is 0 Å². The first-order valence-corrected chi connectivity index (χ1v) is 8.96. The Morgan fingerprint density at radius 2 is 1.75 bits per heavy atom. The number of hydrogen-bond acceptors (Lipinski definition) is 3. The van der Waals surface area contributed by atoms with E-state index in [9.17, 15) is 4.55 Å². The molecule has 0 bridgehead atoms. The van der Waals surface area contributed by atoms with E-state index in [1.54, 1.807) is 6.21 Å². The SMILES string of the molecule is Cn1nc(-c2ccccc2/C=N/[S@@+]([O-])C(C)(C)C)c2ccccc21. The summed E-state index contributed by atoms with van der Waals surface area (Å²) in [5.74, 6) is 0. The summed E-state index contributed by atoms with van der Waals surface area (Å²) >= 11 is -1.28. The molecule has 0 unspecified atom stereocenters. The fourth-order valence-corrected chi connectivity index (χ4v) is 3.03. The molecule has 0 aliphatic carbocycles.